The highest BCUT2D eigenvalue weighted by molar-refractivity contribution is 6.09. The first-order chi connectivity index (χ1) is 14.7. The van der Waals surface area contributed by atoms with Crippen molar-refractivity contribution in [3.05, 3.63) is 76.2 Å². The molecule has 0 aromatic heterocycles. The molecule has 2 aromatic rings. The van der Waals surface area contributed by atoms with Crippen LogP contribution in [0.5, 0.6) is 0 Å². The Kier molecular flexibility index (Phi) is 5.89. The molecule has 3 rings (SSSR count). The molecule has 0 N–H and O–H groups in total. The third-order valence-corrected chi connectivity index (χ3v) is 5.76. The largest absolute Gasteiger partial charge is 0.325 e. The van der Waals surface area contributed by atoms with Crippen LogP contribution in [0.1, 0.15) is 30.0 Å². The Morgan fingerprint density at radius 2 is 1.71 bits per heavy atom. The van der Waals surface area contributed by atoms with E-state index in [2.05, 4.69) is 0 Å². The van der Waals surface area contributed by atoms with E-state index in [0.29, 0.717) is 5.56 Å². The molecule has 0 aliphatic carbocycles. The summed E-state index contributed by atoms with van der Waals surface area (Å²) in [6, 6.07) is 9.34. The standard InChI is InChI=1S/C23H20F3N3O2/c1-4-23(12-14-5-8-16(24)9-6-14)22(31)28(2)19(21(30)29(23)3)11-17-15(13-27)7-10-18(25)20(17)26/h5-11H,4,12H2,1-3H3/b19-11+. The van der Waals surface area contributed by atoms with Gasteiger partial charge in [-0.25, -0.2) is 13.2 Å². The highest BCUT2D eigenvalue weighted by atomic mass is 19.2. The number of hydrogen-bond donors (Lipinski definition) is 0. The molecule has 0 radical (unpaired) electrons. The number of benzene rings is 2. The van der Waals surface area contributed by atoms with Crippen LogP contribution in [0.2, 0.25) is 0 Å². The molecule has 1 aliphatic heterocycles. The van der Waals surface area contributed by atoms with Gasteiger partial charge in [0.25, 0.3) is 11.8 Å². The van der Waals surface area contributed by atoms with E-state index in [1.54, 1.807) is 25.1 Å². The zero-order chi connectivity index (χ0) is 22.9. The number of nitrogens with zero attached hydrogens (tertiary/aromatic N) is 3. The van der Waals surface area contributed by atoms with Crippen molar-refractivity contribution < 1.29 is 22.8 Å². The predicted molar refractivity (Wildman–Crippen MR) is 108 cm³/mol. The van der Waals surface area contributed by atoms with Gasteiger partial charge in [0.15, 0.2) is 11.6 Å². The molecule has 5 nitrogen and oxygen atoms in total. The van der Waals surface area contributed by atoms with Crippen molar-refractivity contribution in [2.75, 3.05) is 14.1 Å². The fourth-order valence-electron chi connectivity index (χ4n) is 3.82. The third-order valence-electron chi connectivity index (χ3n) is 5.76. The Bertz CT molecular complexity index is 1120. The summed E-state index contributed by atoms with van der Waals surface area (Å²) in [5.41, 5.74) is -1.32. The second-order valence-electron chi connectivity index (χ2n) is 7.38. The van der Waals surface area contributed by atoms with Gasteiger partial charge in [0.05, 0.1) is 11.6 Å². The Balaban J connectivity index is 2.08. The van der Waals surface area contributed by atoms with Crippen LogP contribution in [0.25, 0.3) is 6.08 Å². The van der Waals surface area contributed by atoms with Gasteiger partial charge in [0.2, 0.25) is 0 Å². The van der Waals surface area contributed by atoms with E-state index in [9.17, 15) is 28.0 Å². The van der Waals surface area contributed by atoms with Crippen LogP contribution >= 0.6 is 0 Å². The molecule has 1 fully saturated rings. The molecule has 0 saturated carbocycles. The Hall–Kier alpha value is -3.60. The quantitative estimate of drug-likeness (QED) is 0.700. The molecule has 1 saturated heterocycles. The van der Waals surface area contributed by atoms with E-state index in [1.807, 2.05) is 0 Å². The van der Waals surface area contributed by atoms with E-state index in [0.717, 1.165) is 23.1 Å². The molecule has 2 aromatic carbocycles. The van der Waals surface area contributed by atoms with Crippen molar-refractivity contribution >= 4 is 17.9 Å². The van der Waals surface area contributed by atoms with Crippen LogP contribution in [0, 0.1) is 28.8 Å². The molecule has 8 heteroatoms. The van der Waals surface area contributed by atoms with Gasteiger partial charge in [0.1, 0.15) is 17.1 Å². The maximum absolute atomic E-state index is 14.4. The monoisotopic (exact) mass is 427 g/mol. The first-order valence-electron chi connectivity index (χ1n) is 9.56. The maximum Gasteiger partial charge on any atom is 0.271 e. The fraction of sp³-hybridized carbons (Fsp3) is 0.261. The second-order valence-corrected chi connectivity index (χ2v) is 7.38. The van der Waals surface area contributed by atoms with Crippen LogP contribution in [0.3, 0.4) is 0 Å². The summed E-state index contributed by atoms with van der Waals surface area (Å²) >= 11 is 0. The van der Waals surface area contributed by atoms with E-state index < -0.39 is 40.4 Å². The molecule has 2 amide bonds. The summed E-state index contributed by atoms with van der Waals surface area (Å²) < 4.78 is 41.4. The van der Waals surface area contributed by atoms with Crippen LogP contribution in [0.4, 0.5) is 13.2 Å². The summed E-state index contributed by atoms with van der Waals surface area (Å²) in [7, 11) is 2.83. The molecule has 0 spiro atoms. The fourth-order valence-corrected chi connectivity index (χ4v) is 3.82. The van der Waals surface area contributed by atoms with Crippen LogP contribution < -0.4 is 0 Å². The lowest BCUT2D eigenvalue weighted by Gasteiger charge is -2.47. The SMILES string of the molecule is CCC1(Cc2ccc(F)cc2)C(=O)N(C)/C(=C/c2c(C#N)ccc(F)c2F)C(=O)N1C. The van der Waals surface area contributed by atoms with Crippen molar-refractivity contribution in [3.63, 3.8) is 0 Å². The highest BCUT2D eigenvalue weighted by Crippen LogP contribution is 2.34. The molecule has 1 aliphatic rings. The van der Waals surface area contributed by atoms with Gasteiger partial charge in [-0.15, -0.1) is 0 Å². The number of carbonyl (C=O) groups excluding carboxylic acids is 2. The number of likely N-dealkylation sites (N-methyl/N-ethyl adjacent to an activating group) is 2. The van der Waals surface area contributed by atoms with E-state index in [-0.39, 0.29) is 24.1 Å². The smallest absolute Gasteiger partial charge is 0.271 e. The average molecular weight is 427 g/mol. The molecule has 160 valence electrons. The highest BCUT2D eigenvalue weighted by Gasteiger charge is 2.50. The zero-order valence-corrected chi connectivity index (χ0v) is 17.2. The summed E-state index contributed by atoms with van der Waals surface area (Å²) in [5.74, 6) is -3.87. The van der Waals surface area contributed by atoms with E-state index >= 15 is 0 Å². The average Bonchev–Trinajstić information content (AvgIpc) is 2.77. The lowest BCUT2D eigenvalue weighted by molar-refractivity contribution is -0.157. The van der Waals surface area contributed by atoms with Crippen LogP contribution in [-0.2, 0) is 16.0 Å². The summed E-state index contributed by atoms with van der Waals surface area (Å²) in [6.07, 6.45) is 1.45. The normalized spacial score (nSPS) is 20.4. The topological polar surface area (TPSA) is 64.4 Å². The van der Waals surface area contributed by atoms with Gasteiger partial charge in [-0.2, -0.15) is 5.26 Å². The van der Waals surface area contributed by atoms with Gasteiger partial charge in [-0.3, -0.25) is 9.59 Å². The summed E-state index contributed by atoms with van der Waals surface area (Å²) in [5, 5.41) is 9.23. The molecule has 31 heavy (non-hydrogen) atoms. The Labute approximate surface area is 178 Å². The van der Waals surface area contributed by atoms with Gasteiger partial charge in [-0.1, -0.05) is 19.1 Å². The minimum Gasteiger partial charge on any atom is -0.325 e. The number of carbonyl (C=O) groups is 2. The minimum atomic E-state index is -1.28. The van der Waals surface area contributed by atoms with E-state index in [1.165, 1.54) is 31.1 Å². The summed E-state index contributed by atoms with van der Waals surface area (Å²) in [6.45, 7) is 1.76. The first-order valence-corrected chi connectivity index (χ1v) is 9.56. The third kappa shape index (κ3) is 3.67. The van der Waals surface area contributed by atoms with Crippen LogP contribution in [0.15, 0.2) is 42.1 Å². The zero-order valence-electron chi connectivity index (χ0n) is 17.2. The molecule has 0 bridgehead atoms. The van der Waals surface area contributed by atoms with Gasteiger partial charge in [-0.05, 0) is 42.3 Å². The number of rotatable bonds is 4. The molecule has 1 unspecified atom stereocenters. The van der Waals surface area contributed by atoms with E-state index in [4.69, 9.17) is 0 Å². The minimum absolute atomic E-state index is 0.153. The van der Waals surface area contributed by atoms with Crippen molar-refractivity contribution in [2.24, 2.45) is 0 Å². The number of hydrogen-bond acceptors (Lipinski definition) is 3. The van der Waals surface area contributed by atoms with Gasteiger partial charge >= 0.3 is 0 Å². The predicted octanol–water partition coefficient (Wildman–Crippen LogP) is 3.64. The molecular weight excluding hydrogens is 407 g/mol. The Morgan fingerprint density at radius 1 is 1.06 bits per heavy atom. The second kappa shape index (κ2) is 8.26. The lowest BCUT2D eigenvalue weighted by atomic mass is 9.82. The maximum atomic E-state index is 14.4. The molecular formula is C23H20F3N3O2. The number of nitriles is 1. The van der Waals surface area contributed by atoms with Gasteiger partial charge in [0, 0.05) is 26.1 Å². The number of halogens is 3. The summed E-state index contributed by atoms with van der Waals surface area (Å²) in [4.78, 5) is 29.0. The Morgan fingerprint density at radius 3 is 2.29 bits per heavy atom. The number of amides is 2. The number of piperazine rings is 1. The molecule has 1 heterocycles. The lowest BCUT2D eigenvalue weighted by Crippen LogP contribution is -2.65. The van der Waals surface area contributed by atoms with Crippen molar-refractivity contribution in [1.29, 1.82) is 5.26 Å². The van der Waals surface area contributed by atoms with Gasteiger partial charge < -0.3 is 9.80 Å². The molecule has 1 atom stereocenters. The first kappa shape index (κ1) is 22.1. The van der Waals surface area contributed by atoms with Crippen molar-refractivity contribution in [3.8, 4) is 6.07 Å². The van der Waals surface area contributed by atoms with Crippen molar-refractivity contribution in [2.45, 2.75) is 25.3 Å². The van der Waals surface area contributed by atoms with Crippen LogP contribution in [-0.4, -0.2) is 41.2 Å². The van der Waals surface area contributed by atoms with Crippen molar-refractivity contribution in [1.82, 2.24) is 9.80 Å².